The van der Waals surface area contributed by atoms with Crippen molar-refractivity contribution in [2.24, 2.45) is 5.73 Å². The van der Waals surface area contributed by atoms with Crippen molar-refractivity contribution in [2.75, 3.05) is 0 Å². The quantitative estimate of drug-likeness (QED) is 0.555. The summed E-state index contributed by atoms with van der Waals surface area (Å²) in [7, 11) is 0. The first kappa shape index (κ1) is 8.47. The molecule has 0 heterocycles. The van der Waals surface area contributed by atoms with Crippen LogP contribution in [0.1, 0.15) is 0 Å². The van der Waals surface area contributed by atoms with Gasteiger partial charge in [-0.1, -0.05) is 0 Å². The van der Waals surface area contributed by atoms with Gasteiger partial charge in [0.25, 0.3) is 0 Å². The predicted octanol–water partition coefficient (Wildman–Crippen LogP) is 1.07. The lowest BCUT2D eigenvalue weighted by Gasteiger charge is -1.89. The molecule has 0 aromatic carbocycles. The fraction of sp³-hybridized carbons (Fsp3) is 0. The lowest BCUT2D eigenvalue weighted by atomic mass is 10.5. The first-order valence-electron chi connectivity index (χ1n) is 1.59. The molecule has 3 nitrogen and oxygen atoms in total. The lowest BCUT2D eigenvalue weighted by Crippen LogP contribution is -2.09. The fourth-order valence-electron chi connectivity index (χ4n) is 0.0808. The van der Waals surface area contributed by atoms with Crippen LogP contribution in [0.25, 0.3) is 0 Å². The molecule has 0 saturated heterocycles. The first-order valence-corrected chi connectivity index (χ1v) is 3.75. The van der Waals surface area contributed by atoms with Gasteiger partial charge in [-0.2, -0.15) is 0 Å². The summed E-state index contributed by atoms with van der Waals surface area (Å²) in [6.45, 7) is 0. The Morgan fingerprint density at radius 2 is 1.88 bits per heavy atom. The zero-order chi connectivity index (χ0) is 6.73. The maximum absolute atomic E-state index is 9.95. The Labute approximate surface area is 73.6 Å². The topological polar surface area (TPSA) is 63.3 Å². The summed E-state index contributed by atoms with van der Waals surface area (Å²) in [6.07, 6.45) is 0. The highest BCUT2D eigenvalue weighted by Gasteiger charge is 2.03. The second-order valence-electron chi connectivity index (χ2n) is 0.979. The highest BCUT2D eigenvalue weighted by molar-refractivity contribution is 14.2. The van der Waals surface area contributed by atoms with Crippen LogP contribution in [-0.2, 0) is 4.79 Å². The van der Waals surface area contributed by atoms with Crippen molar-refractivity contribution in [1.29, 1.82) is 0 Å². The Morgan fingerprint density at radius 1 is 1.50 bits per heavy atom. The molecule has 5 heteroatoms. The summed E-state index contributed by atoms with van der Waals surface area (Å²) in [5.41, 5.74) is 4.93. The van der Waals surface area contributed by atoms with Gasteiger partial charge in [0.05, 0.1) is 1.59 Å². The summed E-state index contributed by atoms with van der Waals surface area (Å²) in [6, 6.07) is 0. The lowest BCUT2D eigenvalue weighted by molar-refractivity contribution is -0.132. The van der Waals surface area contributed by atoms with Crippen LogP contribution in [0.5, 0.6) is 0 Å². The summed E-state index contributed by atoms with van der Waals surface area (Å²) >= 11 is 3.69. The van der Waals surface area contributed by atoms with Gasteiger partial charge in [0.1, 0.15) is 5.70 Å². The molecule has 0 bridgehead atoms. The van der Waals surface area contributed by atoms with Crippen LogP contribution < -0.4 is 5.73 Å². The smallest absolute Gasteiger partial charge is 0.353 e. The number of nitrogens with two attached hydrogens (primary N) is 1. The van der Waals surface area contributed by atoms with Gasteiger partial charge in [-0.25, -0.2) is 4.79 Å². The first-order chi connectivity index (χ1) is 3.55. The number of halogens is 2. The number of rotatable bonds is 1. The zero-order valence-electron chi connectivity index (χ0n) is 3.69. The number of carboxylic acid groups (broad SMARTS) is 1. The molecule has 0 spiro atoms. The summed E-state index contributed by atoms with van der Waals surface area (Å²) < 4.78 is 0.577. The van der Waals surface area contributed by atoms with E-state index in [4.69, 9.17) is 10.8 Å². The van der Waals surface area contributed by atoms with Crippen molar-refractivity contribution >= 4 is 51.2 Å². The molecule has 8 heavy (non-hydrogen) atoms. The molecule has 0 radical (unpaired) electrons. The summed E-state index contributed by atoms with van der Waals surface area (Å²) in [5.74, 6) is -1.07. The van der Waals surface area contributed by atoms with Gasteiger partial charge >= 0.3 is 5.97 Å². The minimum absolute atomic E-state index is 0.0915. The van der Waals surface area contributed by atoms with E-state index < -0.39 is 5.97 Å². The largest absolute Gasteiger partial charge is 0.477 e. The molecule has 0 rings (SSSR count). The van der Waals surface area contributed by atoms with Crippen LogP contribution >= 0.6 is 45.2 Å². The molecule has 0 fully saturated rings. The van der Waals surface area contributed by atoms with Crippen LogP contribution in [-0.4, -0.2) is 11.1 Å². The molecule has 0 aromatic heterocycles. The van der Waals surface area contributed by atoms with Crippen molar-refractivity contribution in [3.63, 3.8) is 0 Å². The predicted molar refractivity (Wildman–Crippen MR) is 46.9 cm³/mol. The molecule has 0 amide bonds. The standard InChI is InChI=1S/C3H3I2NO2/c4-2(5)1(6)3(7)8/h6H2,(H,7,8). The number of hydrogen-bond acceptors (Lipinski definition) is 2. The van der Waals surface area contributed by atoms with Crippen molar-refractivity contribution in [1.82, 2.24) is 0 Å². The van der Waals surface area contributed by atoms with Crippen molar-refractivity contribution in [3.8, 4) is 0 Å². The van der Waals surface area contributed by atoms with E-state index in [0.717, 1.165) is 0 Å². The number of carboxylic acids is 1. The van der Waals surface area contributed by atoms with E-state index in [1.807, 2.05) is 45.2 Å². The van der Waals surface area contributed by atoms with Crippen molar-refractivity contribution in [3.05, 3.63) is 7.28 Å². The molecule has 0 aliphatic carbocycles. The van der Waals surface area contributed by atoms with E-state index in [1.165, 1.54) is 0 Å². The Morgan fingerprint density at radius 3 is 1.88 bits per heavy atom. The third kappa shape index (κ3) is 2.70. The van der Waals surface area contributed by atoms with Crippen molar-refractivity contribution < 1.29 is 9.90 Å². The van der Waals surface area contributed by atoms with E-state index in [2.05, 4.69) is 0 Å². The minimum Gasteiger partial charge on any atom is -0.477 e. The van der Waals surface area contributed by atoms with Gasteiger partial charge in [-0.3, -0.25) is 0 Å². The summed E-state index contributed by atoms with van der Waals surface area (Å²) in [4.78, 5) is 9.95. The van der Waals surface area contributed by atoms with E-state index in [1.54, 1.807) is 0 Å². The maximum Gasteiger partial charge on any atom is 0.353 e. The van der Waals surface area contributed by atoms with Crippen LogP contribution in [0.3, 0.4) is 0 Å². The number of aliphatic carboxylic acids is 1. The van der Waals surface area contributed by atoms with Gasteiger partial charge < -0.3 is 10.8 Å². The second kappa shape index (κ2) is 3.49. The van der Waals surface area contributed by atoms with Gasteiger partial charge in [0.15, 0.2) is 0 Å². The maximum atomic E-state index is 9.95. The van der Waals surface area contributed by atoms with Gasteiger partial charge in [0, 0.05) is 0 Å². The Kier molecular flexibility index (Phi) is 3.69. The molecule has 46 valence electrons. The van der Waals surface area contributed by atoms with Crippen LogP contribution in [0.4, 0.5) is 0 Å². The molecule has 0 unspecified atom stereocenters. The van der Waals surface area contributed by atoms with E-state index >= 15 is 0 Å². The Hall–Kier alpha value is 0.470. The van der Waals surface area contributed by atoms with E-state index in [0.29, 0.717) is 1.59 Å². The molecular weight excluding hydrogens is 336 g/mol. The molecule has 0 aromatic rings. The number of carbonyl (C=O) groups is 1. The zero-order valence-corrected chi connectivity index (χ0v) is 8.00. The fourth-order valence-corrected chi connectivity index (χ4v) is 0.542. The third-order valence-corrected chi connectivity index (χ3v) is 1.60. The minimum atomic E-state index is -1.07. The van der Waals surface area contributed by atoms with Crippen LogP contribution in [0.15, 0.2) is 7.28 Å². The molecular formula is C3H3I2NO2. The highest BCUT2D eigenvalue weighted by Crippen LogP contribution is 2.16. The Bertz CT molecular complexity index is 138. The summed E-state index contributed by atoms with van der Waals surface area (Å²) in [5, 5.41) is 8.16. The molecule has 0 saturated carbocycles. The Balaban J connectivity index is 4.23. The van der Waals surface area contributed by atoms with Gasteiger partial charge in [-0.15, -0.1) is 0 Å². The highest BCUT2D eigenvalue weighted by atomic mass is 127. The average molecular weight is 339 g/mol. The average Bonchev–Trinajstić information content (AvgIpc) is 1.64. The third-order valence-electron chi connectivity index (χ3n) is 0.434. The van der Waals surface area contributed by atoms with E-state index in [9.17, 15) is 4.79 Å². The monoisotopic (exact) mass is 339 g/mol. The van der Waals surface area contributed by atoms with Gasteiger partial charge in [0.2, 0.25) is 0 Å². The molecule has 0 aliphatic rings. The van der Waals surface area contributed by atoms with Crippen LogP contribution in [0, 0.1) is 0 Å². The normalized spacial score (nSPS) is 8.25. The van der Waals surface area contributed by atoms with E-state index in [-0.39, 0.29) is 5.70 Å². The SMILES string of the molecule is NC(C(=O)O)=C(I)I. The van der Waals surface area contributed by atoms with Crippen molar-refractivity contribution in [2.45, 2.75) is 0 Å². The molecule has 0 atom stereocenters. The second-order valence-corrected chi connectivity index (χ2v) is 5.20. The molecule has 0 aliphatic heterocycles. The molecule has 3 N–H and O–H groups in total. The van der Waals surface area contributed by atoms with Gasteiger partial charge in [-0.05, 0) is 45.2 Å². The van der Waals surface area contributed by atoms with Crippen LogP contribution in [0.2, 0.25) is 0 Å². The number of hydrogen-bond donors (Lipinski definition) is 2.